The van der Waals surface area contributed by atoms with Crippen molar-refractivity contribution in [2.24, 2.45) is 0 Å². The highest BCUT2D eigenvalue weighted by Crippen LogP contribution is 2.35. The molecule has 0 spiro atoms. The van der Waals surface area contributed by atoms with Crippen molar-refractivity contribution in [2.45, 2.75) is 11.0 Å². The molecule has 98 valence electrons. The summed E-state index contributed by atoms with van der Waals surface area (Å²) in [5.74, 6) is 0. The molecule has 0 aliphatic rings. The van der Waals surface area contributed by atoms with E-state index in [1.165, 1.54) is 0 Å². The summed E-state index contributed by atoms with van der Waals surface area (Å²) in [5.41, 5.74) is -13.0. The van der Waals surface area contributed by atoms with Gasteiger partial charge in [-0.2, -0.15) is 43.2 Å². The molecule has 0 aromatic heterocycles. The van der Waals surface area contributed by atoms with Gasteiger partial charge in [-0.25, -0.2) is 0 Å². The summed E-state index contributed by atoms with van der Waals surface area (Å²) in [6.07, 6.45) is 0. The topological polar surface area (TPSA) is 71.5 Å². The van der Waals surface area contributed by atoms with E-state index in [4.69, 9.17) is 0 Å². The largest absolute Gasteiger partial charge is 0.515 e. The minimum Gasteiger partial charge on any atom is -0.199 e. The predicted molar refractivity (Wildman–Crippen MR) is 32.9 cm³/mol. The first kappa shape index (κ1) is 15.4. The van der Waals surface area contributed by atoms with Crippen LogP contribution in [0.15, 0.2) is 0 Å². The van der Waals surface area contributed by atoms with Crippen LogP contribution in [0.4, 0.5) is 30.8 Å². The Kier molecular flexibility index (Phi) is 3.55. The lowest BCUT2D eigenvalue weighted by Crippen LogP contribution is -2.44. The highest BCUT2D eigenvalue weighted by Gasteiger charge is 2.63. The van der Waals surface area contributed by atoms with E-state index in [0.717, 1.165) is 0 Å². The van der Waals surface area contributed by atoms with Crippen LogP contribution >= 0.6 is 0 Å². The van der Waals surface area contributed by atoms with E-state index >= 15 is 0 Å². The van der Waals surface area contributed by atoms with Crippen LogP contribution in [0, 0.1) is 0 Å². The number of hydrogen-bond donors (Lipinski definition) is 0. The van der Waals surface area contributed by atoms with Crippen molar-refractivity contribution >= 4 is 20.0 Å². The molecule has 14 heteroatoms. The van der Waals surface area contributed by atoms with E-state index in [1.54, 1.807) is 0 Å². The second-order valence-electron chi connectivity index (χ2n) is 2.05. The Balaban J connectivity index is 5.70. The van der Waals surface area contributed by atoms with Crippen molar-refractivity contribution in [2.75, 3.05) is 0 Å². The Bertz CT molecular complexity index is 412. The summed E-state index contributed by atoms with van der Waals surface area (Å²) in [6.45, 7) is 0. The molecule has 5 nitrogen and oxygen atoms in total. The first-order valence-electron chi connectivity index (χ1n) is 2.74. The zero-order valence-corrected chi connectivity index (χ0v) is 8.18. The van der Waals surface area contributed by atoms with Crippen LogP contribution in [0.2, 0.25) is 0 Å². The fourth-order valence-corrected chi connectivity index (χ4v) is 2.16. The molecule has 0 bridgehead atoms. The van der Waals surface area contributed by atoms with Crippen molar-refractivity contribution in [3.05, 3.63) is 0 Å². The van der Waals surface area contributed by atoms with Crippen LogP contribution in [-0.2, 0) is 20.0 Å². The van der Waals surface area contributed by atoms with E-state index in [-0.39, 0.29) is 0 Å². The summed E-state index contributed by atoms with van der Waals surface area (Å²) in [7, 11) is -14.5. The molecular formula is C2F7NO4S2. The zero-order valence-electron chi connectivity index (χ0n) is 6.54. The number of alkyl halides is 6. The van der Waals surface area contributed by atoms with E-state index in [9.17, 15) is 47.7 Å². The van der Waals surface area contributed by atoms with E-state index in [2.05, 4.69) is 0 Å². The van der Waals surface area contributed by atoms with Gasteiger partial charge >= 0.3 is 31.1 Å². The number of rotatable bonds is 2. The van der Waals surface area contributed by atoms with Gasteiger partial charge in [0.2, 0.25) is 0 Å². The second kappa shape index (κ2) is 3.69. The molecule has 0 saturated carbocycles. The fraction of sp³-hybridized carbons (Fsp3) is 1.00. The molecule has 0 radical (unpaired) electrons. The van der Waals surface area contributed by atoms with Gasteiger partial charge in [0.25, 0.3) is 0 Å². The SMILES string of the molecule is O=S(=O)(N(F)S(=O)(=O)C(F)(F)F)C(F)(F)F. The summed E-state index contributed by atoms with van der Waals surface area (Å²) in [4.78, 5) is 0. The Labute approximate surface area is 83.5 Å². The number of nitrogens with zero attached hydrogens (tertiary/aromatic N) is 1. The molecule has 0 saturated heterocycles. The van der Waals surface area contributed by atoms with Crippen LogP contribution in [0.3, 0.4) is 0 Å². The Morgan fingerprint density at radius 3 is 1.00 bits per heavy atom. The first-order valence-corrected chi connectivity index (χ1v) is 5.62. The Hall–Kier alpha value is -0.630. The third-order valence-corrected chi connectivity index (χ3v) is 4.07. The van der Waals surface area contributed by atoms with Gasteiger partial charge in [-0.05, 0) is 0 Å². The van der Waals surface area contributed by atoms with Crippen molar-refractivity contribution < 1.29 is 47.7 Å². The molecule has 0 aliphatic carbocycles. The monoisotopic (exact) mass is 299 g/mol. The lowest BCUT2D eigenvalue weighted by Gasteiger charge is -2.15. The Morgan fingerprint density at radius 2 is 0.875 bits per heavy atom. The van der Waals surface area contributed by atoms with E-state index in [1.807, 2.05) is 0 Å². The summed E-state index contributed by atoms with van der Waals surface area (Å²) in [5, 5.41) is 0. The molecule has 0 unspecified atom stereocenters. The summed E-state index contributed by atoms with van der Waals surface area (Å²) in [6, 6.07) is 0. The van der Waals surface area contributed by atoms with Gasteiger partial charge in [-0.3, -0.25) is 0 Å². The quantitative estimate of drug-likeness (QED) is 0.560. The lowest BCUT2D eigenvalue weighted by molar-refractivity contribution is -0.0608. The molecule has 16 heavy (non-hydrogen) atoms. The predicted octanol–water partition coefficient (Wildman–Crippen LogP) is 0.872. The smallest absolute Gasteiger partial charge is 0.199 e. The number of halogens is 7. The molecule has 0 fully saturated rings. The van der Waals surface area contributed by atoms with Gasteiger partial charge < -0.3 is 0 Å². The molecule has 0 aromatic rings. The maximum atomic E-state index is 12.2. The van der Waals surface area contributed by atoms with Gasteiger partial charge in [0, 0.05) is 0 Å². The van der Waals surface area contributed by atoms with Crippen LogP contribution in [0.5, 0.6) is 0 Å². The summed E-state index contributed by atoms with van der Waals surface area (Å²) >= 11 is 0. The highest BCUT2D eigenvalue weighted by molar-refractivity contribution is 8.04. The number of sulfonamides is 2. The zero-order chi connectivity index (χ0) is 13.6. The van der Waals surface area contributed by atoms with E-state index < -0.39 is 35.0 Å². The molecule has 0 heterocycles. The highest BCUT2D eigenvalue weighted by atomic mass is 32.3. The van der Waals surface area contributed by atoms with Crippen LogP contribution < -0.4 is 0 Å². The molecule has 0 rings (SSSR count). The summed E-state index contributed by atoms with van der Waals surface area (Å²) < 4.78 is 118. The molecular weight excluding hydrogens is 299 g/mol. The average Bonchev–Trinajstić information content (AvgIpc) is 1.98. The molecule has 0 amide bonds. The van der Waals surface area contributed by atoms with Crippen molar-refractivity contribution in [1.29, 1.82) is 0 Å². The Morgan fingerprint density at radius 1 is 0.688 bits per heavy atom. The maximum Gasteiger partial charge on any atom is 0.515 e. The molecule has 0 aromatic carbocycles. The average molecular weight is 299 g/mol. The van der Waals surface area contributed by atoms with Gasteiger partial charge in [0.15, 0.2) is 0 Å². The third kappa shape index (κ3) is 2.37. The fourth-order valence-electron chi connectivity index (χ4n) is 0.292. The van der Waals surface area contributed by atoms with E-state index in [0.29, 0.717) is 0 Å². The van der Waals surface area contributed by atoms with Crippen LogP contribution in [0.1, 0.15) is 0 Å². The maximum absolute atomic E-state index is 12.2. The normalized spacial score (nSPS) is 15.5. The standard InChI is InChI=1S/C2F7NO4S2/c3-1(4,5)15(11,12)10(9)16(13,14)2(6,7)8. The van der Waals surface area contributed by atoms with Crippen LogP contribution in [0.25, 0.3) is 0 Å². The van der Waals surface area contributed by atoms with Gasteiger partial charge in [-0.1, -0.05) is 0 Å². The van der Waals surface area contributed by atoms with Gasteiger partial charge in [-0.15, -0.1) is 4.48 Å². The van der Waals surface area contributed by atoms with Crippen molar-refractivity contribution in [3.63, 3.8) is 0 Å². The third-order valence-electron chi connectivity index (χ3n) is 0.963. The minimum atomic E-state index is -7.26. The van der Waals surface area contributed by atoms with Crippen molar-refractivity contribution in [3.8, 4) is 0 Å². The molecule has 0 aliphatic heterocycles. The second-order valence-corrected chi connectivity index (χ2v) is 5.75. The van der Waals surface area contributed by atoms with Gasteiger partial charge in [0.1, 0.15) is 0 Å². The molecule has 0 N–H and O–H groups in total. The van der Waals surface area contributed by atoms with Crippen LogP contribution in [-0.4, -0.2) is 31.8 Å². The minimum absolute atomic E-state index is 3.26. The lowest BCUT2D eigenvalue weighted by atomic mass is 11.6. The number of hydrogen-bond acceptors (Lipinski definition) is 4. The van der Waals surface area contributed by atoms with Gasteiger partial charge in [0.05, 0.1) is 3.93 Å². The molecule has 0 atom stereocenters. The first-order chi connectivity index (χ1) is 6.65. The van der Waals surface area contributed by atoms with Crippen molar-refractivity contribution in [1.82, 2.24) is 3.93 Å².